The third kappa shape index (κ3) is 4.51. The fourth-order valence-corrected chi connectivity index (χ4v) is 3.75. The number of para-hydroxylation sites is 1. The highest BCUT2D eigenvalue weighted by molar-refractivity contribution is 7.92. The van der Waals surface area contributed by atoms with Crippen molar-refractivity contribution in [1.82, 2.24) is 0 Å². The van der Waals surface area contributed by atoms with Gasteiger partial charge in [0.2, 0.25) is 15.9 Å². The molecule has 1 aliphatic rings. The van der Waals surface area contributed by atoms with E-state index in [4.69, 9.17) is 9.47 Å². The molecule has 1 heterocycles. The van der Waals surface area contributed by atoms with Gasteiger partial charge in [0.15, 0.2) is 11.5 Å². The van der Waals surface area contributed by atoms with Gasteiger partial charge in [-0.15, -0.1) is 0 Å². The maximum Gasteiger partial charge on any atom is 0.232 e. The molecule has 0 N–H and O–H groups in total. The van der Waals surface area contributed by atoms with Crippen molar-refractivity contribution in [1.29, 1.82) is 0 Å². The fourth-order valence-electron chi connectivity index (χ4n) is 2.83. The minimum Gasteiger partial charge on any atom is -0.486 e. The minimum atomic E-state index is -3.56. The number of carbonyl (C=O) groups is 1. The van der Waals surface area contributed by atoms with Gasteiger partial charge in [-0.1, -0.05) is 18.2 Å². The monoisotopic (exact) mass is 390 g/mol. The first-order chi connectivity index (χ1) is 12.9. The molecule has 27 heavy (non-hydrogen) atoms. The minimum absolute atomic E-state index is 0.0362. The third-order valence-corrected chi connectivity index (χ3v) is 5.45. The summed E-state index contributed by atoms with van der Waals surface area (Å²) in [6, 6.07) is 14.2. The fraction of sp³-hybridized carbons (Fsp3) is 0.316. The molecule has 1 amide bonds. The van der Waals surface area contributed by atoms with E-state index >= 15 is 0 Å². The summed E-state index contributed by atoms with van der Waals surface area (Å²) in [5.74, 6) is 0.908. The molecule has 144 valence electrons. The molecule has 1 aliphatic heterocycles. The van der Waals surface area contributed by atoms with Crippen molar-refractivity contribution in [3.8, 4) is 11.5 Å². The summed E-state index contributed by atoms with van der Waals surface area (Å²) in [6.07, 6.45) is 1.17. The van der Waals surface area contributed by atoms with Gasteiger partial charge >= 0.3 is 0 Å². The molecule has 0 saturated heterocycles. The summed E-state index contributed by atoms with van der Waals surface area (Å²) >= 11 is 0. The number of hydrogen-bond acceptors (Lipinski definition) is 5. The second kappa shape index (κ2) is 7.87. The van der Waals surface area contributed by atoms with Crippen molar-refractivity contribution in [2.45, 2.75) is 6.42 Å². The van der Waals surface area contributed by atoms with E-state index in [1.54, 1.807) is 25.2 Å². The number of ether oxygens (including phenoxy) is 2. The van der Waals surface area contributed by atoms with Crippen molar-refractivity contribution in [3.63, 3.8) is 0 Å². The van der Waals surface area contributed by atoms with Gasteiger partial charge in [-0.3, -0.25) is 9.10 Å². The van der Waals surface area contributed by atoms with Gasteiger partial charge in [0.25, 0.3) is 0 Å². The highest BCUT2D eigenvalue weighted by atomic mass is 32.2. The van der Waals surface area contributed by atoms with E-state index in [0.29, 0.717) is 30.4 Å². The molecule has 0 atom stereocenters. The van der Waals surface area contributed by atoms with Crippen LogP contribution in [0.2, 0.25) is 0 Å². The lowest BCUT2D eigenvalue weighted by molar-refractivity contribution is -0.118. The van der Waals surface area contributed by atoms with Crippen LogP contribution < -0.4 is 18.7 Å². The smallest absolute Gasteiger partial charge is 0.232 e. The number of benzene rings is 2. The number of sulfonamides is 1. The Morgan fingerprint density at radius 3 is 2.33 bits per heavy atom. The van der Waals surface area contributed by atoms with Crippen molar-refractivity contribution >= 4 is 27.3 Å². The van der Waals surface area contributed by atoms with Crippen LogP contribution in [-0.2, 0) is 14.8 Å². The van der Waals surface area contributed by atoms with Gasteiger partial charge in [-0.25, -0.2) is 8.42 Å². The van der Waals surface area contributed by atoms with E-state index in [-0.39, 0.29) is 18.9 Å². The first kappa shape index (κ1) is 19.0. The lowest BCUT2D eigenvalue weighted by Gasteiger charge is -2.26. The van der Waals surface area contributed by atoms with E-state index in [9.17, 15) is 13.2 Å². The van der Waals surface area contributed by atoms with E-state index < -0.39 is 10.0 Å². The first-order valence-electron chi connectivity index (χ1n) is 8.55. The van der Waals surface area contributed by atoms with Gasteiger partial charge in [0, 0.05) is 31.8 Å². The molecule has 0 aliphatic carbocycles. The molecule has 2 aromatic rings. The van der Waals surface area contributed by atoms with Gasteiger partial charge in [-0.05, 0) is 24.3 Å². The Labute approximate surface area is 159 Å². The van der Waals surface area contributed by atoms with Crippen LogP contribution in [0.1, 0.15) is 6.42 Å². The van der Waals surface area contributed by atoms with Gasteiger partial charge in [0.05, 0.1) is 11.9 Å². The molecule has 2 aromatic carbocycles. The summed E-state index contributed by atoms with van der Waals surface area (Å²) in [5, 5.41) is 0. The Bertz CT molecular complexity index is 915. The molecular formula is C19H22N2O5S. The average Bonchev–Trinajstić information content (AvgIpc) is 2.67. The van der Waals surface area contributed by atoms with E-state index in [0.717, 1.165) is 11.9 Å². The first-order valence-corrected chi connectivity index (χ1v) is 10.4. The molecular weight excluding hydrogens is 368 g/mol. The van der Waals surface area contributed by atoms with Crippen molar-refractivity contribution in [2.75, 3.05) is 42.3 Å². The van der Waals surface area contributed by atoms with Crippen LogP contribution in [0.4, 0.5) is 11.4 Å². The number of fused-ring (bicyclic) bond motifs is 1. The number of hydrogen-bond donors (Lipinski definition) is 0. The van der Waals surface area contributed by atoms with Crippen LogP contribution in [0.3, 0.4) is 0 Å². The summed E-state index contributed by atoms with van der Waals surface area (Å²) in [5.41, 5.74) is 1.20. The standard InChI is InChI=1S/C19H22N2O5S/c1-20(15-6-4-3-5-7-15)19(22)10-11-21(27(2,23)24)16-8-9-17-18(14-16)26-13-12-25-17/h3-9,14H,10-13H2,1-2H3. The molecule has 3 rings (SSSR count). The molecule has 0 unspecified atom stereocenters. The van der Waals surface area contributed by atoms with Crippen molar-refractivity contribution in [3.05, 3.63) is 48.5 Å². The Morgan fingerprint density at radius 1 is 1.00 bits per heavy atom. The summed E-state index contributed by atoms with van der Waals surface area (Å²) in [6.45, 7) is 0.909. The quantitative estimate of drug-likeness (QED) is 0.756. The normalized spacial score (nSPS) is 13.1. The number of carbonyl (C=O) groups excluding carboxylic acids is 1. The van der Waals surface area contributed by atoms with Crippen molar-refractivity contribution in [2.24, 2.45) is 0 Å². The van der Waals surface area contributed by atoms with E-state index in [2.05, 4.69) is 0 Å². The van der Waals surface area contributed by atoms with E-state index in [1.165, 1.54) is 9.21 Å². The Morgan fingerprint density at radius 2 is 1.67 bits per heavy atom. The molecule has 7 nitrogen and oxygen atoms in total. The van der Waals surface area contributed by atoms with Crippen LogP contribution in [0.15, 0.2) is 48.5 Å². The van der Waals surface area contributed by atoms with Crippen LogP contribution in [0.25, 0.3) is 0 Å². The van der Waals surface area contributed by atoms with Crippen molar-refractivity contribution < 1.29 is 22.7 Å². The van der Waals surface area contributed by atoms with Crippen LogP contribution in [-0.4, -0.2) is 47.4 Å². The maximum atomic E-state index is 12.5. The highest BCUT2D eigenvalue weighted by Crippen LogP contribution is 2.34. The summed E-state index contributed by atoms with van der Waals surface area (Å²) in [4.78, 5) is 14.0. The Hall–Kier alpha value is -2.74. The van der Waals surface area contributed by atoms with Gasteiger partial charge < -0.3 is 14.4 Å². The van der Waals surface area contributed by atoms with Crippen LogP contribution in [0, 0.1) is 0 Å². The van der Waals surface area contributed by atoms with Gasteiger partial charge in [-0.2, -0.15) is 0 Å². The second-order valence-electron chi connectivity index (χ2n) is 6.20. The van der Waals surface area contributed by atoms with Crippen LogP contribution >= 0.6 is 0 Å². The Kier molecular flexibility index (Phi) is 5.55. The molecule has 0 saturated carbocycles. The zero-order chi connectivity index (χ0) is 19.4. The van der Waals surface area contributed by atoms with Gasteiger partial charge in [0.1, 0.15) is 13.2 Å². The topological polar surface area (TPSA) is 76.2 Å². The lowest BCUT2D eigenvalue weighted by Crippen LogP contribution is -2.35. The number of anilines is 2. The molecule has 0 bridgehead atoms. The predicted octanol–water partition coefficient (Wildman–Crippen LogP) is 2.28. The second-order valence-corrected chi connectivity index (χ2v) is 8.11. The summed E-state index contributed by atoms with van der Waals surface area (Å²) < 4.78 is 36.8. The predicted molar refractivity (Wildman–Crippen MR) is 104 cm³/mol. The summed E-state index contributed by atoms with van der Waals surface area (Å²) in [7, 11) is -1.89. The van der Waals surface area contributed by atoms with Crippen LogP contribution in [0.5, 0.6) is 11.5 Å². The third-order valence-electron chi connectivity index (χ3n) is 4.26. The molecule has 0 radical (unpaired) electrons. The zero-order valence-electron chi connectivity index (χ0n) is 15.3. The molecule has 0 spiro atoms. The molecule has 8 heteroatoms. The SMILES string of the molecule is CN(C(=O)CCN(c1ccc2c(c1)OCCO2)S(C)(=O)=O)c1ccccc1. The van der Waals surface area contributed by atoms with E-state index in [1.807, 2.05) is 30.3 Å². The molecule has 0 fully saturated rings. The number of rotatable bonds is 6. The molecule has 0 aromatic heterocycles. The number of amides is 1. The average molecular weight is 390 g/mol. The maximum absolute atomic E-state index is 12.5. The number of nitrogens with zero attached hydrogens (tertiary/aromatic N) is 2. The Balaban J connectivity index is 1.76. The largest absolute Gasteiger partial charge is 0.486 e. The zero-order valence-corrected chi connectivity index (χ0v) is 16.1. The highest BCUT2D eigenvalue weighted by Gasteiger charge is 2.22. The lowest BCUT2D eigenvalue weighted by atomic mass is 10.2.